The molecule has 3 aromatic rings. The highest BCUT2D eigenvalue weighted by molar-refractivity contribution is 7.89. The molecular weight excluding hydrogens is 398 g/mol. The largest absolute Gasteiger partial charge is 0.480 e. The molecule has 1 unspecified atom stereocenters. The summed E-state index contributed by atoms with van der Waals surface area (Å²) in [6.45, 7) is 2.09. The van der Waals surface area contributed by atoms with Crippen molar-refractivity contribution in [2.45, 2.75) is 36.6 Å². The second-order valence-corrected chi connectivity index (χ2v) is 9.08. The second kappa shape index (κ2) is 9.69. The molecule has 156 valence electrons. The minimum absolute atomic E-state index is 0.0690. The van der Waals surface area contributed by atoms with E-state index in [2.05, 4.69) is 11.6 Å². The van der Waals surface area contributed by atoms with Gasteiger partial charge in [0.15, 0.2) is 0 Å². The van der Waals surface area contributed by atoms with Crippen molar-refractivity contribution < 1.29 is 18.3 Å². The van der Waals surface area contributed by atoms with Gasteiger partial charge >= 0.3 is 5.97 Å². The lowest BCUT2D eigenvalue weighted by atomic mass is 9.94. The average molecular weight is 424 g/mol. The van der Waals surface area contributed by atoms with Crippen LogP contribution in [0.1, 0.15) is 29.5 Å². The number of hydrogen-bond donors (Lipinski definition) is 2. The maximum atomic E-state index is 12.9. The molecule has 0 saturated carbocycles. The third-order valence-corrected chi connectivity index (χ3v) is 6.47. The van der Waals surface area contributed by atoms with E-state index in [1.54, 1.807) is 36.4 Å². The minimum atomic E-state index is -3.98. The first-order chi connectivity index (χ1) is 14.3. The van der Waals surface area contributed by atoms with Crippen LogP contribution in [0.4, 0.5) is 0 Å². The van der Waals surface area contributed by atoms with Crippen molar-refractivity contribution >= 4 is 16.0 Å². The van der Waals surface area contributed by atoms with Crippen LogP contribution < -0.4 is 4.72 Å². The lowest BCUT2D eigenvalue weighted by molar-refractivity contribution is -0.138. The molecule has 0 amide bonds. The number of rotatable bonds is 9. The maximum Gasteiger partial charge on any atom is 0.322 e. The first-order valence-electron chi connectivity index (χ1n) is 9.78. The summed E-state index contributed by atoms with van der Waals surface area (Å²) < 4.78 is 28.1. The Bertz CT molecular complexity index is 1080. The molecule has 2 atom stereocenters. The van der Waals surface area contributed by atoms with E-state index in [4.69, 9.17) is 0 Å². The fourth-order valence-corrected chi connectivity index (χ4v) is 4.64. The Morgan fingerprint density at radius 2 is 1.47 bits per heavy atom. The summed E-state index contributed by atoms with van der Waals surface area (Å²) in [5.74, 6) is -0.988. The summed E-state index contributed by atoms with van der Waals surface area (Å²) in [6.07, 6.45) is 0.750. The highest BCUT2D eigenvalue weighted by atomic mass is 32.2. The van der Waals surface area contributed by atoms with Crippen LogP contribution in [0.15, 0.2) is 89.8 Å². The van der Waals surface area contributed by atoms with Gasteiger partial charge in [0.25, 0.3) is 0 Å². The lowest BCUT2D eigenvalue weighted by Crippen LogP contribution is -2.42. The van der Waals surface area contributed by atoms with E-state index in [0.29, 0.717) is 6.42 Å². The van der Waals surface area contributed by atoms with Gasteiger partial charge in [-0.15, -0.1) is 0 Å². The van der Waals surface area contributed by atoms with Crippen LogP contribution in [0, 0.1) is 0 Å². The number of aliphatic carboxylic acids is 1. The van der Waals surface area contributed by atoms with Gasteiger partial charge < -0.3 is 5.11 Å². The number of benzene rings is 3. The van der Waals surface area contributed by atoms with E-state index in [-0.39, 0.29) is 17.2 Å². The zero-order valence-corrected chi connectivity index (χ0v) is 17.5. The highest BCUT2D eigenvalue weighted by Gasteiger charge is 2.26. The second-order valence-electron chi connectivity index (χ2n) is 7.37. The molecule has 0 heterocycles. The molecule has 30 heavy (non-hydrogen) atoms. The van der Waals surface area contributed by atoms with Crippen LogP contribution in [0.2, 0.25) is 0 Å². The topological polar surface area (TPSA) is 83.5 Å². The smallest absolute Gasteiger partial charge is 0.322 e. The zero-order valence-electron chi connectivity index (χ0n) is 16.7. The predicted octanol–water partition coefficient (Wildman–Crippen LogP) is 4.01. The number of carboxylic acid groups (broad SMARTS) is 1. The zero-order chi connectivity index (χ0) is 21.6. The summed E-state index contributed by atoms with van der Waals surface area (Å²) in [5.41, 5.74) is 2.81. The standard InChI is InChI=1S/C24H25NO4S/c1-18(21-12-6-3-7-13-21)15-20-11-8-14-22(16-20)30(28,29)25-23(24(26)27)17-19-9-4-2-5-10-19/h2-14,16,18,23,25H,15,17H2,1H3,(H,26,27)/t18?,23-/m0/s1. The number of nitrogens with one attached hydrogen (secondary N) is 1. The molecule has 0 radical (unpaired) electrons. The fraction of sp³-hybridized carbons (Fsp3) is 0.208. The van der Waals surface area contributed by atoms with E-state index in [9.17, 15) is 18.3 Å². The molecule has 2 N–H and O–H groups in total. The van der Waals surface area contributed by atoms with E-state index in [1.165, 1.54) is 11.6 Å². The molecule has 0 aromatic heterocycles. The van der Waals surface area contributed by atoms with Crippen molar-refractivity contribution in [1.82, 2.24) is 4.72 Å². The quantitative estimate of drug-likeness (QED) is 0.545. The molecule has 0 bridgehead atoms. The molecule has 0 saturated heterocycles. The van der Waals surface area contributed by atoms with Crippen molar-refractivity contribution in [3.63, 3.8) is 0 Å². The van der Waals surface area contributed by atoms with Crippen LogP contribution in [0.3, 0.4) is 0 Å². The minimum Gasteiger partial charge on any atom is -0.480 e. The molecule has 6 heteroatoms. The van der Waals surface area contributed by atoms with Gasteiger partial charge in [-0.25, -0.2) is 8.42 Å². The number of carbonyl (C=O) groups is 1. The van der Waals surface area contributed by atoms with Gasteiger partial charge in [0.2, 0.25) is 10.0 Å². The van der Waals surface area contributed by atoms with E-state index in [0.717, 1.165) is 11.1 Å². The van der Waals surface area contributed by atoms with Crippen molar-refractivity contribution in [2.24, 2.45) is 0 Å². The molecule has 0 fully saturated rings. The Morgan fingerprint density at radius 1 is 0.867 bits per heavy atom. The molecule has 0 aliphatic rings. The van der Waals surface area contributed by atoms with Gasteiger partial charge in [-0.2, -0.15) is 4.72 Å². The molecule has 0 aliphatic carbocycles. The van der Waals surface area contributed by atoms with E-state index < -0.39 is 22.0 Å². The van der Waals surface area contributed by atoms with Crippen LogP contribution in [0.5, 0.6) is 0 Å². The van der Waals surface area contributed by atoms with Gasteiger partial charge in [0, 0.05) is 0 Å². The Hall–Kier alpha value is -2.96. The van der Waals surface area contributed by atoms with Crippen LogP contribution in [0.25, 0.3) is 0 Å². The number of carboxylic acids is 1. The van der Waals surface area contributed by atoms with Crippen molar-refractivity contribution in [2.75, 3.05) is 0 Å². The first kappa shape index (κ1) is 21.7. The number of hydrogen-bond acceptors (Lipinski definition) is 3. The summed E-state index contributed by atoms with van der Waals surface area (Å²) in [6, 6.07) is 24.4. The van der Waals surface area contributed by atoms with Crippen LogP contribution >= 0.6 is 0 Å². The Balaban J connectivity index is 1.76. The van der Waals surface area contributed by atoms with E-state index >= 15 is 0 Å². The summed E-state index contributed by atoms with van der Waals surface area (Å²) in [5, 5.41) is 9.52. The maximum absolute atomic E-state index is 12.9. The van der Waals surface area contributed by atoms with Gasteiger partial charge in [0.1, 0.15) is 6.04 Å². The Labute approximate surface area is 177 Å². The summed E-state index contributed by atoms with van der Waals surface area (Å²) in [4.78, 5) is 11.7. The van der Waals surface area contributed by atoms with E-state index in [1.807, 2.05) is 42.5 Å². The molecule has 5 nitrogen and oxygen atoms in total. The molecule has 0 aliphatic heterocycles. The third-order valence-electron chi connectivity index (χ3n) is 5.00. The molecular formula is C24H25NO4S. The van der Waals surface area contributed by atoms with Gasteiger partial charge in [-0.3, -0.25) is 4.79 Å². The normalized spacial score (nSPS) is 13.5. The third kappa shape index (κ3) is 5.78. The van der Waals surface area contributed by atoms with Crippen LogP contribution in [-0.4, -0.2) is 25.5 Å². The van der Waals surface area contributed by atoms with Crippen LogP contribution in [-0.2, 0) is 27.7 Å². The first-order valence-corrected chi connectivity index (χ1v) is 11.3. The average Bonchev–Trinajstić information content (AvgIpc) is 2.74. The Kier molecular flexibility index (Phi) is 7.03. The fourth-order valence-electron chi connectivity index (χ4n) is 3.38. The highest BCUT2D eigenvalue weighted by Crippen LogP contribution is 2.22. The van der Waals surface area contributed by atoms with Crippen molar-refractivity contribution in [1.29, 1.82) is 0 Å². The lowest BCUT2D eigenvalue weighted by Gasteiger charge is -2.16. The monoisotopic (exact) mass is 423 g/mol. The Morgan fingerprint density at radius 3 is 2.10 bits per heavy atom. The molecule has 3 aromatic carbocycles. The van der Waals surface area contributed by atoms with Gasteiger partial charge in [-0.1, -0.05) is 79.7 Å². The van der Waals surface area contributed by atoms with Gasteiger partial charge in [0.05, 0.1) is 4.90 Å². The van der Waals surface area contributed by atoms with Crippen molar-refractivity contribution in [3.8, 4) is 0 Å². The summed E-state index contributed by atoms with van der Waals surface area (Å²) >= 11 is 0. The number of sulfonamides is 1. The summed E-state index contributed by atoms with van der Waals surface area (Å²) in [7, 11) is -3.98. The van der Waals surface area contributed by atoms with Gasteiger partial charge in [-0.05, 0) is 47.6 Å². The van der Waals surface area contributed by atoms with Crippen molar-refractivity contribution in [3.05, 3.63) is 102 Å². The molecule has 0 spiro atoms. The molecule has 3 rings (SSSR count). The predicted molar refractivity (Wildman–Crippen MR) is 117 cm³/mol. The SMILES string of the molecule is CC(Cc1cccc(S(=O)(=O)N[C@@H](Cc2ccccc2)C(=O)O)c1)c1ccccc1.